The predicted molar refractivity (Wildman–Crippen MR) is 51.2 cm³/mol. The molecule has 0 aromatic heterocycles. The van der Waals surface area contributed by atoms with Gasteiger partial charge in [0, 0.05) is 7.11 Å². The molecule has 0 heterocycles. The lowest BCUT2D eigenvalue weighted by Crippen LogP contribution is -1.98. The summed E-state index contributed by atoms with van der Waals surface area (Å²) in [5.74, 6) is 0.210. The Hall–Kier alpha value is -0.890. The van der Waals surface area contributed by atoms with Gasteiger partial charge in [-0.1, -0.05) is 19.9 Å². The van der Waals surface area contributed by atoms with Crippen LogP contribution in [0.4, 0.5) is 4.39 Å². The fourth-order valence-corrected chi connectivity index (χ4v) is 1.42. The second kappa shape index (κ2) is 4.38. The molecule has 0 aliphatic heterocycles. The largest absolute Gasteiger partial charge is 0.380 e. The van der Waals surface area contributed by atoms with Crippen LogP contribution in [0.5, 0.6) is 0 Å². The SMILES string of the molecule is COCc1cc(F)ccc1C(C)C. The third kappa shape index (κ3) is 2.52. The zero-order valence-electron chi connectivity index (χ0n) is 8.30. The van der Waals surface area contributed by atoms with E-state index in [1.54, 1.807) is 13.2 Å². The first-order valence-electron chi connectivity index (χ1n) is 4.42. The van der Waals surface area contributed by atoms with Crippen molar-refractivity contribution < 1.29 is 9.13 Å². The summed E-state index contributed by atoms with van der Waals surface area (Å²) in [6, 6.07) is 4.86. The summed E-state index contributed by atoms with van der Waals surface area (Å²) in [5.41, 5.74) is 2.10. The Morgan fingerprint density at radius 3 is 2.62 bits per heavy atom. The highest BCUT2D eigenvalue weighted by molar-refractivity contribution is 5.29. The number of halogens is 1. The van der Waals surface area contributed by atoms with Crippen molar-refractivity contribution in [2.75, 3.05) is 7.11 Å². The molecule has 0 bridgehead atoms. The van der Waals surface area contributed by atoms with Gasteiger partial charge in [-0.3, -0.25) is 0 Å². The van der Waals surface area contributed by atoms with Crippen LogP contribution in [0, 0.1) is 5.82 Å². The van der Waals surface area contributed by atoms with E-state index in [0.717, 1.165) is 11.1 Å². The maximum absolute atomic E-state index is 12.9. The van der Waals surface area contributed by atoms with Crippen molar-refractivity contribution in [3.63, 3.8) is 0 Å². The molecule has 0 atom stereocenters. The molecule has 0 aliphatic carbocycles. The van der Waals surface area contributed by atoms with Crippen LogP contribution in [0.3, 0.4) is 0 Å². The van der Waals surface area contributed by atoms with Crippen LogP contribution in [0.25, 0.3) is 0 Å². The van der Waals surface area contributed by atoms with Crippen LogP contribution in [0.1, 0.15) is 30.9 Å². The molecule has 0 unspecified atom stereocenters. The molecule has 1 nitrogen and oxygen atoms in total. The molecule has 1 aromatic rings. The Morgan fingerprint density at radius 1 is 1.38 bits per heavy atom. The van der Waals surface area contributed by atoms with Crippen LogP contribution in [0.2, 0.25) is 0 Å². The van der Waals surface area contributed by atoms with Gasteiger partial charge in [-0.05, 0) is 29.2 Å². The van der Waals surface area contributed by atoms with E-state index in [1.165, 1.54) is 6.07 Å². The van der Waals surface area contributed by atoms with Gasteiger partial charge in [0.15, 0.2) is 0 Å². The van der Waals surface area contributed by atoms with Gasteiger partial charge in [0.2, 0.25) is 0 Å². The quantitative estimate of drug-likeness (QED) is 0.698. The lowest BCUT2D eigenvalue weighted by molar-refractivity contribution is 0.183. The Morgan fingerprint density at radius 2 is 2.08 bits per heavy atom. The van der Waals surface area contributed by atoms with Crippen molar-refractivity contribution in [3.05, 3.63) is 35.1 Å². The van der Waals surface area contributed by atoms with Gasteiger partial charge in [0.1, 0.15) is 5.82 Å². The van der Waals surface area contributed by atoms with E-state index in [1.807, 2.05) is 6.07 Å². The number of methoxy groups -OCH3 is 1. The lowest BCUT2D eigenvalue weighted by atomic mass is 9.97. The number of ether oxygens (including phenoxy) is 1. The van der Waals surface area contributed by atoms with E-state index in [4.69, 9.17) is 4.74 Å². The van der Waals surface area contributed by atoms with E-state index in [2.05, 4.69) is 13.8 Å². The van der Waals surface area contributed by atoms with E-state index in [9.17, 15) is 4.39 Å². The normalized spacial score (nSPS) is 10.8. The molecule has 0 saturated carbocycles. The number of rotatable bonds is 3. The minimum absolute atomic E-state index is 0.198. The summed E-state index contributed by atoms with van der Waals surface area (Å²) in [7, 11) is 1.62. The maximum Gasteiger partial charge on any atom is 0.123 e. The average molecular weight is 182 g/mol. The summed E-state index contributed by atoms with van der Waals surface area (Å²) in [6.45, 7) is 4.66. The van der Waals surface area contributed by atoms with Gasteiger partial charge in [-0.2, -0.15) is 0 Å². The molecule has 0 fully saturated rings. The summed E-state index contributed by atoms with van der Waals surface area (Å²) < 4.78 is 17.9. The summed E-state index contributed by atoms with van der Waals surface area (Å²) >= 11 is 0. The van der Waals surface area contributed by atoms with Crippen molar-refractivity contribution in [2.45, 2.75) is 26.4 Å². The summed E-state index contributed by atoms with van der Waals surface area (Å²) in [5, 5.41) is 0. The average Bonchev–Trinajstić information content (AvgIpc) is 2.04. The molecule has 0 spiro atoms. The fraction of sp³-hybridized carbons (Fsp3) is 0.455. The molecular formula is C11H15FO. The van der Waals surface area contributed by atoms with Crippen molar-refractivity contribution in [3.8, 4) is 0 Å². The van der Waals surface area contributed by atoms with Gasteiger partial charge >= 0.3 is 0 Å². The second-order valence-electron chi connectivity index (χ2n) is 3.43. The number of benzene rings is 1. The van der Waals surface area contributed by atoms with Crippen molar-refractivity contribution in [1.82, 2.24) is 0 Å². The van der Waals surface area contributed by atoms with E-state index in [-0.39, 0.29) is 5.82 Å². The standard InChI is InChI=1S/C11H15FO/c1-8(2)11-5-4-10(12)6-9(11)7-13-3/h4-6,8H,7H2,1-3H3. The van der Waals surface area contributed by atoms with Crippen LogP contribution in [0.15, 0.2) is 18.2 Å². The molecule has 0 N–H and O–H groups in total. The topological polar surface area (TPSA) is 9.23 Å². The van der Waals surface area contributed by atoms with Gasteiger partial charge < -0.3 is 4.74 Å². The first kappa shape index (κ1) is 10.2. The monoisotopic (exact) mass is 182 g/mol. The molecule has 0 amide bonds. The van der Waals surface area contributed by atoms with E-state index < -0.39 is 0 Å². The van der Waals surface area contributed by atoms with Gasteiger partial charge in [-0.15, -0.1) is 0 Å². The van der Waals surface area contributed by atoms with Gasteiger partial charge in [0.05, 0.1) is 6.61 Å². The van der Waals surface area contributed by atoms with Crippen molar-refractivity contribution in [2.24, 2.45) is 0 Å². The third-order valence-corrected chi connectivity index (χ3v) is 2.03. The molecule has 72 valence electrons. The molecule has 1 rings (SSSR count). The van der Waals surface area contributed by atoms with Crippen LogP contribution >= 0.6 is 0 Å². The molecule has 0 radical (unpaired) electrons. The second-order valence-corrected chi connectivity index (χ2v) is 3.43. The highest BCUT2D eigenvalue weighted by Gasteiger charge is 2.06. The van der Waals surface area contributed by atoms with Crippen LogP contribution in [-0.4, -0.2) is 7.11 Å². The highest BCUT2D eigenvalue weighted by Crippen LogP contribution is 2.20. The Bertz CT molecular complexity index is 281. The Balaban J connectivity index is 3.03. The minimum atomic E-state index is -0.198. The van der Waals surface area contributed by atoms with Crippen molar-refractivity contribution in [1.29, 1.82) is 0 Å². The molecule has 2 heteroatoms. The van der Waals surface area contributed by atoms with E-state index >= 15 is 0 Å². The first-order valence-corrected chi connectivity index (χ1v) is 4.42. The van der Waals surface area contributed by atoms with Gasteiger partial charge in [0.25, 0.3) is 0 Å². The summed E-state index contributed by atoms with van der Waals surface area (Å²) in [4.78, 5) is 0. The van der Waals surface area contributed by atoms with Crippen LogP contribution < -0.4 is 0 Å². The number of hydrogen-bond donors (Lipinski definition) is 0. The Labute approximate surface area is 78.5 Å². The smallest absolute Gasteiger partial charge is 0.123 e. The van der Waals surface area contributed by atoms with Gasteiger partial charge in [-0.25, -0.2) is 4.39 Å². The third-order valence-electron chi connectivity index (χ3n) is 2.03. The molecule has 0 aliphatic rings. The molecule has 1 aromatic carbocycles. The Kier molecular flexibility index (Phi) is 3.43. The van der Waals surface area contributed by atoms with Crippen molar-refractivity contribution >= 4 is 0 Å². The molecule has 0 saturated heterocycles. The predicted octanol–water partition coefficient (Wildman–Crippen LogP) is 3.10. The molecular weight excluding hydrogens is 167 g/mol. The number of hydrogen-bond acceptors (Lipinski definition) is 1. The van der Waals surface area contributed by atoms with E-state index in [0.29, 0.717) is 12.5 Å². The maximum atomic E-state index is 12.9. The first-order chi connectivity index (χ1) is 6.15. The zero-order chi connectivity index (χ0) is 9.84. The summed E-state index contributed by atoms with van der Waals surface area (Å²) in [6.07, 6.45) is 0. The molecule has 13 heavy (non-hydrogen) atoms. The highest BCUT2D eigenvalue weighted by atomic mass is 19.1. The van der Waals surface area contributed by atoms with Crippen LogP contribution in [-0.2, 0) is 11.3 Å². The minimum Gasteiger partial charge on any atom is -0.380 e. The lowest BCUT2D eigenvalue weighted by Gasteiger charge is -2.11. The fourth-order valence-electron chi connectivity index (χ4n) is 1.42. The zero-order valence-corrected chi connectivity index (χ0v) is 8.30.